The fourth-order valence-corrected chi connectivity index (χ4v) is 0.941. The largest absolute Gasteiger partial charge is 0.348 e. The van der Waals surface area contributed by atoms with Gasteiger partial charge in [0.15, 0.2) is 0 Å². The average Bonchev–Trinajstić information content (AvgIpc) is 2.33. The van der Waals surface area contributed by atoms with E-state index in [0.717, 1.165) is 0 Å². The Morgan fingerprint density at radius 2 is 2.45 bits per heavy atom. The highest BCUT2D eigenvalue weighted by molar-refractivity contribution is 6.32. The molecule has 0 saturated carbocycles. The highest BCUT2D eigenvalue weighted by atomic mass is 35.5. The van der Waals surface area contributed by atoms with Crippen molar-refractivity contribution in [2.75, 3.05) is 0 Å². The lowest BCUT2D eigenvalue weighted by Crippen LogP contribution is -2.12. The van der Waals surface area contributed by atoms with Gasteiger partial charge >= 0.3 is 0 Å². The Kier molecular flexibility index (Phi) is 2.29. The smallest absolute Gasteiger partial charge is 0.237 e. The summed E-state index contributed by atoms with van der Waals surface area (Å²) in [5.74, 6) is -0.695. The molecule has 1 aromatic rings. The Bertz CT molecular complexity index is 269. The Hall–Kier alpha value is -0.830. The van der Waals surface area contributed by atoms with Crippen LogP contribution in [0.2, 0.25) is 0 Å². The quantitative estimate of drug-likeness (QED) is 0.496. The predicted octanol–water partition coefficient (Wildman–Crippen LogP) is 1.74. The molecule has 0 aliphatic carbocycles. The fourth-order valence-electron chi connectivity index (χ4n) is 0.829. The number of hydrogen-bond acceptors (Lipinski definition) is 1. The Labute approximate surface area is 68.6 Å². The summed E-state index contributed by atoms with van der Waals surface area (Å²) in [6.07, 6.45) is 1.66. The molecule has 0 aliphatic rings. The highest BCUT2D eigenvalue weighted by Gasteiger charge is 2.17. The van der Waals surface area contributed by atoms with Gasteiger partial charge in [0.25, 0.3) is 0 Å². The van der Waals surface area contributed by atoms with E-state index >= 15 is 0 Å². The molecule has 1 rings (SSSR count). The van der Waals surface area contributed by atoms with Crippen LogP contribution in [0.15, 0.2) is 18.3 Å². The highest BCUT2D eigenvalue weighted by Crippen LogP contribution is 2.08. The number of halogens is 2. The van der Waals surface area contributed by atoms with E-state index in [1.807, 2.05) is 0 Å². The van der Waals surface area contributed by atoms with Gasteiger partial charge in [-0.1, -0.05) is 11.6 Å². The number of carbonyl (C=O) groups excluding carboxylic acids is 1. The molecule has 60 valence electrons. The van der Waals surface area contributed by atoms with Crippen LogP contribution in [-0.2, 0) is 7.05 Å². The molecule has 0 bridgehead atoms. The second-order valence-corrected chi connectivity index (χ2v) is 2.55. The van der Waals surface area contributed by atoms with Crippen LogP contribution < -0.4 is 0 Å². The van der Waals surface area contributed by atoms with E-state index in [-0.39, 0.29) is 5.69 Å². The van der Waals surface area contributed by atoms with Gasteiger partial charge in [-0.05, 0) is 12.1 Å². The third-order valence-corrected chi connectivity index (χ3v) is 1.59. The zero-order valence-electron chi connectivity index (χ0n) is 5.92. The van der Waals surface area contributed by atoms with Crippen LogP contribution in [0, 0.1) is 0 Å². The van der Waals surface area contributed by atoms with E-state index in [2.05, 4.69) is 0 Å². The first-order valence-electron chi connectivity index (χ1n) is 3.06. The van der Waals surface area contributed by atoms with Gasteiger partial charge in [-0.2, -0.15) is 0 Å². The Morgan fingerprint density at radius 1 is 1.82 bits per heavy atom. The summed E-state index contributed by atoms with van der Waals surface area (Å²) in [6, 6.07) is 3.18. The average molecular weight is 176 g/mol. The number of hydrogen-bond donors (Lipinski definition) is 0. The molecule has 0 spiro atoms. The van der Waals surface area contributed by atoms with Crippen molar-refractivity contribution in [2.45, 2.75) is 5.63 Å². The van der Waals surface area contributed by atoms with Crippen molar-refractivity contribution in [1.82, 2.24) is 4.57 Å². The van der Waals surface area contributed by atoms with Crippen LogP contribution in [0.25, 0.3) is 0 Å². The summed E-state index contributed by atoms with van der Waals surface area (Å²) < 4.78 is 13.8. The first kappa shape index (κ1) is 8.27. The van der Waals surface area contributed by atoms with Crippen LogP contribution in [0.3, 0.4) is 0 Å². The van der Waals surface area contributed by atoms with Crippen molar-refractivity contribution >= 4 is 17.4 Å². The molecule has 0 fully saturated rings. The van der Waals surface area contributed by atoms with Crippen LogP contribution in [-0.4, -0.2) is 16.0 Å². The third kappa shape index (κ3) is 1.60. The van der Waals surface area contributed by atoms with Crippen LogP contribution in [0.4, 0.5) is 4.39 Å². The summed E-state index contributed by atoms with van der Waals surface area (Å²) in [6.45, 7) is 0. The van der Waals surface area contributed by atoms with Crippen molar-refractivity contribution in [3.63, 3.8) is 0 Å². The SMILES string of the molecule is Cn1cccc1C(=O)C(F)Cl. The van der Waals surface area contributed by atoms with Crippen LogP contribution in [0.5, 0.6) is 0 Å². The van der Waals surface area contributed by atoms with Crippen molar-refractivity contribution in [2.24, 2.45) is 7.05 Å². The van der Waals surface area contributed by atoms with E-state index in [0.29, 0.717) is 0 Å². The lowest BCUT2D eigenvalue weighted by molar-refractivity contribution is 0.0926. The van der Waals surface area contributed by atoms with Gasteiger partial charge in [-0.3, -0.25) is 4.79 Å². The van der Waals surface area contributed by atoms with E-state index in [9.17, 15) is 9.18 Å². The molecular formula is C7H7ClFNO. The summed E-state index contributed by atoms with van der Waals surface area (Å²) in [4.78, 5) is 10.9. The number of alkyl halides is 2. The van der Waals surface area contributed by atoms with Crippen molar-refractivity contribution < 1.29 is 9.18 Å². The molecule has 2 nitrogen and oxygen atoms in total. The van der Waals surface area contributed by atoms with Gasteiger partial charge in [-0.25, -0.2) is 4.39 Å². The summed E-state index contributed by atoms with van der Waals surface area (Å²) in [5.41, 5.74) is -1.66. The number of carbonyl (C=O) groups is 1. The van der Waals surface area contributed by atoms with Gasteiger partial charge in [0.05, 0.1) is 5.69 Å². The number of nitrogens with zero attached hydrogens (tertiary/aromatic N) is 1. The molecule has 0 radical (unpaired) electrons. The fraction of sp³-hybridized carbons (Fsp3) is 0.286. The molecule has 0 saturated heterocycles. The lowest BCUT2D eigenvalue weighted by atomic mass is 10.3. The zero-order valence-corrected chi connectivity index (χ0v) is 6.68. The molecule has 1 heterocycles. The molecule has 4 heteroatoms. The zero-order chi connectivity index (χ0) is 8.43. The minimum Gasteiger partial charge on any atom is -0.348 e. The molecule has 0 N–H and O–H groups in total. The summed E-state index contributed by atoms with van der Waals surface area (Å²) in [7, 11) is 1.66. The summed E-state index contributed by atoms with van der Waals surface area (Å²) in [5, 5.41) is 0. The first-order valence-corrected chi connectivity index (χ1v) is 3.50. The Morgan fingerprint density at radius 3 is 2.82 bits per heavy atom. The minimum atomic E-state index is -1.94. The van der Waals surface area contributed by atoms with Crippen molar-refractivity contribution in [3.8, 4) is 0 Å². The normalized spacial score (nSPS) is 13.0. The van der Waals surface area contributed by atoms with E-state index in [1.165, 1.54) is 10.6 Å². The minimum absolute atomic E-state index is 0.285. The number of aryl methyl sites for hydroxylation is 1. The summed E-state index contributed by atoms with van der Waals surface area (Å²) >= 11 is 4.96. The van der Waals surface area contributed by atoms with Crippen molar-refractivity contribution in [3.05, 3.63) is 24.0 Å². The van der Waals surface area contributed by atoms with E-state index in [1.54, 1.807) is 19.3 Å². The van der Waals surface area contributed by atoms with Gasteiger partial charge in [0, 0.05) is 13.2 Å². The van der Waals surface area contributed by atoms with Gasteiger partial charge < -0.3 is 4.57 Å². The molecule has 0 aromatic carbocycles. The number of Topliss-reactive ketones (excluding diaryl/α,β-unsaturated/α-hetero) is 1. The molecule has 1 atom stereocenters. The Balaban J connectivity index is 2.93. The lowest BCUT2D eigenvalue weighted by Gasteiger charge is -2.00. The number of rotatable bonds is 2. The monoisotopic (exact) mass is 175 g/mol. The number of aromatic nitrogens is 1. The predicted molar refractivity (Wildman–Crippen MR) is 40.5 cm³/mol. The van der Waals surface area contributed by atoms with Crippen LogP contribution >= 0.6 is 11.6 Å². The van der Waals surface area contributed by atoms with Crippen LogP contribution in [0.1, 0.15) is 10.5 Å². The van der Waals surface area contributed by atoms with Gasteiger partial charge in [0.1, 0.15) is 0 Å². The second kappa shape index (κ2) is 3.05. The molecular weight excluding hydrogens is 169 g/mol. The standard InChI is InChI=1S/C7H7ClFNO/c1-10-4-2-3-5(10)6(11)7(8)9/h2-4,7H,1H3. The molecule has 0 aliphatic heterocycles. The molecule has 1 unspecified atom stereocenters. The van der Waals surface area contributed by atoms with E-state index < -0.39 is 11.4 Å². The first-order chi connectivity index (χ1) is 5.13. The van der Waals surface area contributed by atoms with Gasteiger partial charge in [-0.15, -0.1) is 0 Å². The maximum absolute atomic E-state index is 12.2. The topological polar surface area (TPSA) is 22.0 Å². The third-order valence-electron chi connectivity index (χ3n) is 1.39. The van der Waals surface area contributed by atoms with E-state index in [4.69, 9.17) is 11.6 Å². The maximum atomic E-state index is 12.2. The van der Waals surface area contributed by atoms with Gasteiger partial charge in [0.2, 0.25) is 11.4 Å². The second-order valence-electron chi connectivity index (χ2n) is 2.17. The molecule has 11 heavy (non-hydrogen) atoms. The molecule has 1 aromatic heterocycles. The van der Waals surface area contributed by atoms with Crippen molar-refractivity contribution in [1.29, 1.82) is 0 Å². The number of ketones is 1. The molecule has 0 amide bonds. The maximum Gasteiger partial charge on any atom is 0.237 e.